The summed E-state index contributed by atoms with van der Waals surface area (Å²) in [6.07, 6.45) is 0.0925. The van der Waals surface area contributed by atoms with Gasteiger partial charge in [-0.3, -0.25) is 19.3 Å². The van der Waals surface area contributed by atoms with Crippen LogP contribution in [0.2, 0.25) is 0 Å². The number of carbonyl (C=O) groups excluding carboxylic acids is 4. The van der Waals surface area contributed by atoms with Gasteiger partial charge in [0.05, 0.1) is 12.8 Å². The Labute approximate surface area is 176 Å². The van der Waals surface area contributed by atoms with Crippen molar-refractivity contribution < 1.29 is 28.7 Å². The lowest BCUT2D eigenvalue weighted by Crippen LogP contribution is -2.44. The van der Waals surface area contributed by atoms with Crippen LogP contribution >= 0.6 is 0 Å². The van der Waals surface area contributed by atoms with Crippen molar-refractivity contribution in [2.45, 2.75) is 52.2 Å². The summed E-state index contributed by atoms with van der Waals surface area (Å²) in [5.74, 6) is -1.06. The molecule has 0 aromatic heterocycles. The Morgan fingerprint density at radius 3 is 2.50 bits per heavy atom. The largest absolute Gasteiger partial charge is 0.495 e. The number of carbonyl (C=O) groups is 4. The normalized spacial score (nSPS) is 19.5. The third-order valence-electron chi connectivity index (χ3n) is 4.90. The molecule has 2 N–H and O–H groups in total. The maximum absolute atomic E-state index is 12.7. The highest BCUT2D eigenvalue weighted by Gasteiger charge is 2.48. The molecule has 0 unspecified atom stereocenters. The van der Waals surface area contributed by atoms with Gasteiger partial charge in [-0.05, 0) is 44.7 Å². The number of hydrogen-bond donors (Lipinski definition) is 2. The molecule has 1 aliphatic rings. The van der Waals surface area contributed by atoms with Crippen molar-refractivity contribution in [3.8, 4) is 5.75 Å². The Hall–Kier alpha value is -3.10. The summed E-state index contributed by atoms with van der Waals surface area (Å²) in [5.41, 5.74) is -0.614. The molecule has 9 heteroatoms. The van der Waals surface area contributed by atoms with Crippen LogP contribution in [0.4, 0.5) is 10.5 Å². The maximum Gasteiger partial charge on any atom is 0.327 e. The fraction of sp³-hybridized carbons (Fsp3) is 0.524. The first kappa shape index (κ1) is 23.2. The minimum Gasteiger partial charge on any atom is -0.495 e. The van der Waals surface area contributed by atoms with Crippen LogP contribution in [0.15, 0.2) is 24.3 Å². The van der Waals surface area contributed by atoms with Gasteiger partial charge in [0.15, 0.2) is 6.10 Å². The van der Waals surface area contributed by atoms with Crippen LogP contribution in [0.3, 0.4) is 0 Å². The number of esters is 1. The molecule has 1 aliphatic heterocycles. The van der Waals surface area contributed by atoms with Crippen LogP contribution in [0.5, 0.6) is 5.75 Å². The Bertz CT molecular complexity index is 825. The molecular weight excluding hydrogens is 390 g/mol. The molecule has 0 radical (unpaired) electrons. The zero-order valence-corrected chi connectivity index (χ0v) is 18.0. The van der Waals surface area contributed by atoms with E-state index in [1.165, 1.54) is 14.0 Å². The predicted octanol–water partition coefficient (Wildman–Crippen LogP) is 2.31. The molecule has 0 saturated carbocycles. The Kier molecular flexibility index (Phi) is 7.42. The molecule has 1 heterocycles. The van der Waals surface area contributed by atoms with Crippen LogP contribution in [-0.4, -0.2) is 54.0 Å². The lowest BCUT2D eigenvalue weighted by atomic mass is 9.92. The molecule has 2 rings (SSSR count). The van der Waals surface area contributed by atoms with Crippen molar-refractivity contribution in [1.29, 1.82) is 0 Å². The SMILES string of the molecule is COc1ccccc1NC(=O)[C@H](C)OC(=O)CN1C(=O)N[C@](C)(CCC(C)C)C1=O. The first-order valence-corrected chi connectivity index (χ1v) is 9.85. The van der Waals surface area contributed by atoms with E-state index < -0.39 is 42.0 Å². The molecular formula is C21H29N3O6. The minimum atomic E-state index is -1.13. The van der Waals surface area contributed by atoms with Gasteiger partial charge in [0.25, 0.3) is 11.8 Å². The summed E-state index contributed by atoms with van der Waals surface area (Å²) in [6, 6.07) is 6.17. The molecule has 30 heavy (non-hydrogen) atoms. The van der Waals surface area contributed by atoms with E-state index in [1.54, 1.807) is 31.2 Å². The van der Waals surface area contributed by atoms with E-state index >= 15 is 0 Å². The number of nitrogens with zero attached hydrogens (tertiary/aromatic N) is 1. The number of amides is 4. The topological polar surface area (TPSA) is 114 Å². The molecule has 1 aromatic carbocycles. The molecule has 1 fully saturated rings. The van der Waals surface area contributed by atoms with Crippen molar-refractivity contribution in [2.24, 2.45) is 5.92 Å². The van der Waals surface area contributed by atoms with E-state index in [9.17, 15) is 19.2 Å². The second-order valence-electron chi connectivity index (χ2n) is 7.91. The van der Waals surface area contributed by atoms with Gasteiger partial charge in [-0.15, -0.1) is 0 Å². The molecule has 4 amide bonds. The molecule has 0 aliphatic carbocycles. The average Bonchev–Trinajstić information content (AvgIpc) is 2.90. The van der Waals surface area contributed by atoms with E-state index in [-0.39, 0.29) is 0 Å². The number of benzene rings is 1. The van der Waals surface area contributed by atoms with Crippen molar-refractivity contribution in [3.05, 3.63) is 24.3 Å². The third kappa shape index (κ3) is 5.49. The number of methoxy groups -OCH3 is 1. The van der Waals surface area contributed by atoms with Crippen molar-refractivity contribution in [1.82, 2.24) is 10.2 Å². The summed E-state index contributed by atoms with van der Waals surface area (Å²) in [4.78, 5) is 50.3. The number of anilines is 1. The fourth-order valence-electron chi connectivity index (χ4n) is 3.04. The Morgan fingerprint density at radius 2 is 1.87 bits per heavy atom. The summed E-state index contributed by atoms with van der Waals surface area (Å²) in [7, 11) is 1.47. The molecule has 0 bridgehead atoms. The molecule has 9 nitrogen and oxygen atoms in total. The number of hydrogen-bond acceptors (Lipinski definition) is 6. The molecule has 2 atom stereocenters. The van der Waals surface area contributed by atoms with E-state index in [1.807, 2.05) is 13.8 Å². The van der Waals surface area contributed by atoms with E-state index in [0.29, 0.717) is 23.8 Å². The molecule has 1 saturated heterocycles. The monoisotopic (exact) mass is 419 g/mol. The van der Waals surface area contributed by atoms with Crippen LogP contribution in [0, 0.1) is 5.92 Å². The van der Waals surface area contributed by atoms with Crippen molar-refractivity contribution in [3.63, 3.8) is 0 Å². The molecule has 1 aromatic rings. The van der Waals surface area contributed by atoms with E-state index in [0.717, 1.165) is 11.3 Å². The molecule has 0 spiro atoms. The van der Waals surface area contributed by atoms with Crippen LogP contribution in [0.25, 0.3) is 0 Å². The van der Waals surface area contributed by atoms with Gasteiger partial charge in [-0.1, -0.05) is 26.0 Å². The quantitative estimate of drug-likeness (QED) is 0.469. The van der Waals surface area contributed by atoms with Crippen LogP contribution in [0.1, 0.15) is 40.5 Å². The van der Waals surface area contributed by atoms with Gasteiger partial charge in [0.2, 0.25) is 0 Å². The van der Waals surface area contributed by atoms with Gasteiger partial charge in [0, 0.05) is 0 Å². The lowest BCUT2D eigenvalue weighted by molar-refractivity contribution is -0.155. The Balaban J connectivity index is 1.93. The second-order valence-corrected chi connectivity index (χ2v) is 7.91. The van der Waals surface area contributed by atoms with Crippen LogP contribution < -0.4 is 15.4 Å². The summed E-state index contributed by atoms with van der Waals surface area (Å²) >= 11 is 0. The van der Waals surface area contributed by atoms with Gasteiger partial charge < -0.3 is 20.1 Å². The number of nitrogens with one attached hydrogen (secondary N) is 2. The first-order chi connectivity index (χ1) is 14.1. The van der Waals surface area contributed by atoms with E-state index in [4.69, 9.17) is 9.47 Å². The maximum atomic E-state index is 12.7. The molecule has 164 valence electrons. The summed E-state index contributed by atoms with van der Waals surface area (Å²) < 4.78 is 10.3. The van der Waals surface area contributed by atoms with Gasteiger partial charge >= 0.3 is 12.0 Å². The predicted molar refractivity (Wildman–Crippen MR) is 110 cm³/mol. The average molecular weight is 419 g/mol. The summed E-state index contributed by atoms with van der Waals surface area (Å²) in [6.45, 7) is 6.54. The fourth-order valence-corrected chi connectivity index (χ4v) is 3.04. The number of ether oxygens (including phenoxy) is 2. The summed E-state index contributed by atoms with van der Waals surface area (Å²) in [5, 5.41) is 5.27. The van der Waals surface area contributed by atoms with Crippen molar-refractivity contribution >= 4 is 29.5 Å². The van der Waals surface area contributed by atoms with Crippen molar-refractivity contribution in [2.75, 3.05) is 19.0 Å². The first-order valence-electron chi connectivity index (χ1n) is 9.85. The van der Waals surface area contributed by atoms with Crippen LogP contribution in [-0.2, 0) is 19.1 Å². The highest BCUT2D eigenvalue weighted by atomic mass is 16.5. The highest BCUT2D eigenvalue weighted by Crippen LogP contribution is 2.25. The van der Waals surface area contributed by atoms with E-state index in [2.05, 4.69) is 10.6 Å². The number of para-hydroxylation sites is 2. The second kappa shape index (κ2) is 9.60. The number of rotatable bonds is 9. The van der Waals surface area contributed by atoms with Gasteiger partial charge in [-0.2, -0.15) is 0 Å². The minimum absolute atomic E-state index is 0.369. The Morgan fingerprint density at radius 1 is 1.20 bits per heavy atom. The lowest BCUT2D eigenvalue weighted by Gasteiger charge is -2.22. The highest BCUT2D eigenvalue weighted by molar-refractivity contribution is 6.08. The van der Waals surface area contributed by atoms with Gasteiger partial charge in [-0.25, -0.2) is 4.79 Å². The third-order valence-corrected chi connectivity index (χ3v) is 4.90. The smallest absolute Gasteiger partial charge is 0.327 e. The van der Waals surface area contributed by atoms with Gasteiger partial charge in [0.1, 0.15) is 17.8 Å². The number of urea groups is 1. The zero-order valence-electron chi connectivity index (χ0n) is 18.0. The zero-order chi connectivity index (χ0) is 22.5. The standard InChI is InChI=1S/C21H29N3O6/c1-13(2)10-11-21(4)19(27)24(20(28)23-21)12-17(25)30-14(3)18(26)22-15-8-6-7-9-16(15)29-5/h6-9,13-14H,10-12H2,1-5H3,(H,22,26)(H,23,28)/t14-,21+/m0/s1. The number of imide groups is 1.